The molecule has 3 nitrogen and oxygen atoms in total. The van der Waals surface area contributed by atoms with Crippen molar-refractivity contribution in [1.82, 2.24) is 15.3 Å². The lowest BCUT2D eigenvalue weighted by molar-refractivity contribution is 0.763. The minimum absolute atomic E-state index is 0.738. The van der Waals surface area contributed by atoms with Gasteiger partial charge in [-0.3, -0.25) is 0 Å². The van der Waals surface area contributed by atoms with Gasteiger partial charge in [0.15, 0.2) is 0 Å². The van der Waals surface area contributed by atoms with Crippen molar-refractivity contribution in [2.75, 3.05) is 13.6 Å². The Balaban J connectivity index is 2.33. The molecule has 0 spiro atoms. The average Bonchev–Trinajstić information content (AvgIpc) is 2.68. The number of nitrogens with one attached hydrogen (secondary N) is 2. The van der Waals surface area contributed by atoms with Crippen LogP contribution in [0.25, 0.3) is 11.3 Å². The normalized spacial score (nSPS) is 10.8. The number of aromatic amines is 1. The number of likely N-dealkylation sites (N-methyl/N-ethyl adjacent to an activating group) is 1. The van der Waals surface area contributed by atoms with Gasteiger partial charge < -0.3 is 10.3 Å². The second kappa shape index (κ2) is 5.34. The molecule has 90 valence electrons. The lowest BCUT2D eigenvalue weighted by atomic mass is 10.1. The topological polar surface area (TPSA) is 40.7 Å². The molecule has 0 unspecified atom stereocenters. The van der Waals surface area contributed by atoms with E-state index in [1.54, 1.807) is 0 Å². The predicted octanol–water partition coefficient (Wildman–Crippen LogP) is 2.80. The van der Waals surface area contributed by atoms with E-state index in [1.165, 1.54) is 0 Å². The van der Waals surface area contributed by atoms with Crippen LogP contribution in [-0.2, 0) is 6.42 Å². The van der Waals surface area contributed by atoms with E-state index in [0.29, 0.717) is 0 Å². The molecule has 0 aliphatic carbocycles. The molecule has 0 bridgehead atoms. The number of hydrogen-bond acceptors (Lipinski definition) is 2. The van der Waals surface area contributed by atoms with Crippen LogP contribution in [0, 0.1) is 6.92 Å². The maximum Gasteiger partial charge on any atom is 0.108 e. The molecule has 2 N–H and O–H groups in total. The summed E-state index contributed by atoms with van der Waals surface area (Å²) in [7, 11) is 1.94. The third-order valence-corrected chi connectivity index (χ3v) is 3.00. The van der Waals surface area contributed by atoms with Crippen molar-refractivity contribution in [3.63, 3.8) is 0 Å². The first kappa shape index (κ1) is 12.1. The van der Waals surface area contributed by atoms with Gasteiger partial charge in [-0.2, -0.15) is 0 Å². The van der Waals surface area contributed by atoms with Gasteiger partial charge in [0.1, 0.15) is 5.82 Å². The third kappa shape index (κ3) is 2.68. The first-order valence-corrected chi connectivity index (χ1v) is 6.05. The fraction of sp³-hybridized carbons (Fsp3) is 0.308. The van der Waals surface area contributed by atoms with E-state index >= 15 is 0 Å². The highest BCUT2D eigenvalue weighted by Crippen LogP contribution is 2.28. The second-order valence-electron chi connectivity index (χ2n) is 3.99. The molecule has 2 aromatic rings. The lowest BCUT2D eigenvalue weighted by Crippen LogP contribution is -2.11. The molecule has 1 heterocycles. The van der Waals surface area contributed by atoms with E-state index in [-0.39, 0.29) is 0 Å². The van der Waals surface area contributed by atoms with Crippen molar-refractivity contribution in [3.05, 3.63) is 40.8 Å². The number of benzene rings is 1. The van der Waals surface area contributed by atoms with Gasteiger partial charge in [0, 0.05) is 24.2 Å². The maximum atomic E-state index is 6.18. The van der Waals surface area contributed by atoms with Crippen LogP contribution in [-0.4, -0.2) is 23.6 Å². The zero-order valence-corrected chi connectivity index (χ0v) is 10.8. The van der Waals surface area contributed by atoms with Gasteiger partial charge in [0.25, 0.3) is 0 Å². The Bertz CT molecular complexity index is 505. The summed E-state index contributed by atoms with van der Waals surface area (Å²) >= 11 is 6.18. The molecule has 2 rings (SSSR count). The maximum absolute atomic E-state index is 6.18. The summed E-state index contributed by atoms with van der Waals surface area (Å²) < 4.78 is 0. The molecule has 17 heavy (non-hydrogen) atoms. The highest BCUT2D eigenvalue weighted by atomic mass is 35.5. The average molecular weight is 250 g/mol. The van der Waals surface area contributed by atoms with Gasteiger partial charge in [-0.1, -0.05) is 29.8 Å². The number of rotatable bonds is 4. The van der Waals surface area contributed by atoms with Gasteiger partial charge >= 0.3 is 0 Å². The molecule has 0 atom stereocenters. The zero-order chi connectivity index (χ0) is 12.3. The summed E-state index contributed by atoms with van der Waals surface area (Å²) in [6.07, 6.45) is 0.891. The smallest absolute Gasteiger partial charge is 0.108 e. The van der Waals surface area contributed by atoms with E-state index in [4.69, 9.17) is 11.6 Å². The van der Waals surface area contributed by atoms with E-state index in [0.717, 1.165) is 40.8 Å². The fourth-order valence-corrected chi connectivity index (χ4v) is 2.02. The number of halogens is 1. The van der Waals surface area contributed by atoms with E-state index in [2.05, 4.69) is 15.3 Å². The third-order valence-electron chi connectivity index (χ3n) is 2.67. The van der Waals surface area contributed by atoms with Gasteiger partial charge in [0.05, 0.1) is 10.7 Å². The summed E-state index contributed by atoms with van der Waals surface area (Å²) in [4.78, 5) is 7.89. The van der Waals surface area contributed by atoms with Crippen molar-refractivity contribution in [2.24, 2.45) is 0 Å². The number of imidazole rings is 1. The molecule has 1 aromatic heterocycles. The highest BCUT2D eigenvalue weighted by molar-refractivity contribution is 6.33. The number of H-pyrrole nitrogens is 1. The molecular formula is C13H16ClN3. The van der Waals surface area contributed by atoms with Crippen LogP contribution in [0.3, 0.4) is 0 Å². The Kier molecular flexibility index (Phi) is 3.82. The number of aromatic nitrogens is 2. The van der Waals surface area contributed by atoms with Crippen LogP contribution >= 0.6 is 11.6 Å². The molecule has 0 fully saturated rings. The van der Waals surface area contributed by atoms with E-state index in [9.17, 15) is 0 Å². The van der Waals surface area contributed by atoms with Crippen LogP contribution in [0.2, 0.25) is 5.02 Å². The quantitative estimate of drug-likeness (QED) is 0.875. The Hall–Kier alpha value is -1.32. The van der Waals surface area contributed by atoms with Gasteiger partial charge in [-0.15, -0.1) is 0 Å². The lowest BCUT2D eigenvalue weighted by Gasteiger charge is -2.00. The van der Waals surface area contributed by atoms with Crippen molar-refractivity contribution in [2.45, 2.75) is 13.3 Å². The van der Waals surface area contributed by atoms with Crippen LogP contribution in [0.1, 0.15) is 11.5 Å². The molecule has 0 amide bonds. The summed E-state index contributed by atoms with van der Waals surface area (Å²) in [5.74, 6) is 0.992. The number of hydrogen-bond donors (Lipinski definition) is 2. The number of aryl methyl sites for hydroxylation is 1. The van der Waals surface area contributed by atoms with E-state index < -0.39 is 0 Å². The van der Waals surface area contributed by atoms with Crippen LogP contribution in [0.5, 0.6) is 0 Å². The van der Waals surface area contributed by atoms with Crippen molar-refractivity contribution in [1.29, 1.82) is 0 Å². The molecule has 0 radical (unpaired) electrons. The van der Waals surface area contributed by atoms with Crippen molar-refractivity contribution < 1.29 is 0 Å². The summed E-state index contributed by atoms with van der Waals surface area (Å²) in [6, 6.07) is 7.78. The molecule has 1 aromatic carbocycles. The largest absolute Gasteiger partial charge is 0.346 e. The van der Waals surface area contributed by atoms with Gasteiger partial charge in [-0.25, -0.2) is 4.98 Å². The molecule has 0 aliphatic rings. The molecule has 0 saturated heterocycles. The Morgan fingerprint density at radius 1 is 1.35 bits per heavy atom. The fourth-order valence-electron chi connectivity index (χ4n) is 1.80. The minimum Gasteiger partial charge on any atom is -0.346 e. The van der Waals surface area contributed by atoms with Crippen molar-refractivity contribution in [3.8, 4) is 11.3 Å². The SMILES string of the molecule is CNCCc1nc(-c2ccccc2Cl)c(C)[nH]1. The Morgan fingerprint density at radius 3 is 2.82 bits per heavy atom. The van der Waals surface area contributed by atoms with Gasteiger partial charge in [-0.05, 0) is 20.0 Å². The van der Waals surface area contributed by atoms with Crippen LogP contribution in [0.4, 0.5) is 0 Å². The summed E-state index contributed by atoms with van der Waals surface area (Å²) in [6.45, 7) is 2.93. The Morgan fingerprint density at radius 2 is 2.12 bits per heavy atom. The van der Waals surface area contributed by atoms with E-state index in [1.807, 2.05) is 38.2 Å². The highest BCUT2D eigenvalue weighted by Gasteiger charge is 2.11. The predicted molar refractivity (Wildman–Crippen MR) is 71.4 cm³/mol. The van der Waals surface area contributed by atoms with Gasteiger partial charge in [0.2, 0.25) is 0 Å². The molecule has 0 aliphatic heterocycles. The minimum atomic E-state index is 0.738. The Labute approximate surface area is 106 Å². The number of nitrogens with zero attached hydrogens (tertiary/aromatic N) is 1. The molecule has 4 heteroatoms. The molecule has 0 saturated carbocycles. The van der Waals surface area contributed by atoms with Crippen molar-refractivity contribution >= 4 is 11.6 Å². The van der Waals surface area contributed by atoms with Crippen LogP contribution in [0.15, 0.2) is 24.3 Å². The summed E-state index contributed by atoms with van der Waals surface area (Å²) in [5, 5.41) is 3.85. The second-order valence-corrected chi connectivity index (χ2v) is 4.40. The monoisotopic (exact) mass is 249 g/mol. The summed E-state index contributed by atoms with van der Waals surface area (Å²) in [5.41, 5.74) is 2.99. The standard InChI is InChI=1S/C13H16ClN3/c1-9-13(10-5-3-4-6-11(10)14)17-12(16-9)7-8-15-2/h3-6,15H,7-8H2,1-2H3,(H,16,17). The molecular weight excluding hydrogens is 234 g/mol. The first-order valence-electron chi connectivity index (χ1n) is 5.67. The first-order chi connectivity index (χ1) is 8.22. The van der Waals surface area contributed by atoms with Crippen LogP contribution < -0.4 is 5.32 Å². The zero-order valence-electron chi connectivity index (χ0n) is 10.0.